The van der Waals surface area contributed by atoms with Crippen molar-refractivity contribution in [3.05, 3.63) is 64.8 Å². The van der Waals surface area contributed by atoms with Crippen molar-refractivity contribution in [3.8, 4) is 28.8 Å². The van der Waals surface area contributed by atoms with E-state index < -0.39 is 24.0 Å². The number of halogens is 1. The highest BCUT2D eigenvalue weighted by atomic mass is 35.5. The summed E-state index contributed by atoms with van der Waals surface area (Å²) in [5, 5.41) is 10.3. The maximum atomic E-state index is 13.9. The number of amides is 1. The van der Waals surface area contributed by atoms with Gasteiger partial charge in [-0.05, 0) is 36.6 Å². The van der Waals surface area contributed by atoms with E-state index >= 15 is 0 Å². The van der Waals surface area contributed by atoms with Gasteiger partial charge >= 0.3 is 5.97 Å². The summed E-state index contributed by atoms with van der Waals surface area (Å²) >= 11 is 6.41. The topological polar surface area (TPSA) is 111 Å². The first kappa shape index (κ1) is 24.3. The van der Waals surface area contributed by atoms with E-state index in [9.17, 15) is 14.7 Å². The van der Waals surface area contributed by atoms with E-state index in [0.717, 1.165) is 0 Å². The van der Waals surface area contributed by atoms with Gasteiger partial charge in [-0.2, -0.15) is 0 Å². The minimum Gasteiger partial charge on any atom is -0.494 e. The van der Waals surface area contributed by atoms with Crippen LogP contribution < -0.4 is 14.2 Å². The lowest BCUT2D eigenvalue weighted by Crippen LogP contribution is -2.42. The molecule has 3 heterocycles. The van der Waals surface area contributed by atoms with E-state index in [2.05, 4.69) is 9.97 Å². The second-order valence-electron chi connectivity index (χ2n) is 7.84. The Balaban J connectivity index is 1.84. The van der Waals surface area contributed by atoms with Gasteiger partial charge in [0.1, 0.15) is 23.0 Å². The number of pyridine rings is 2. The van der Waals surface area contributed by atoms with Gasteiger partial charge in [0.25, 0.3) is 5.91 Å². The van der Waals surface area contributed by atoms with E-state index in [4.69, 9.17) is 25.8 Å². The number of rotatable bonds is 7. The van der Waals surface area contributed by atoms with Crippen LogP contribution >= 0.6 is 11.6 Å². The summed E-state index contributed by atoms with van der Waals surface area (Å²) in [4.78, 5) is 36.0. The first-order valence-electron chi connectivity index (χ1n) is 10.8. The van der Waals surface area contributed by atoms with Gasteiger partial charge in [-0.3, -0.25) is 4.79 Å². The molecule has 182 valence electrons. The first-order valence-corrected chi connectivity index (χ1v) is 11.2. The third kappa shape index (κ3) is 4.46. The summed E-state index contributed by atoms with van der Waals surface area (Å²) in [6.07, 6.45) is 2.32. The summed E-state index contributed by atoms with van der Waals surface area (Å²) < 4.78 is 16.4. The van der Waals surface area contributed by atoms with Crippen LogP contribution in [-0.2, 0) is 4.79 Å². The number of ether oxygens (including phenoxy) is 3. The van der Waals surface area contributed by atoms with Crippen molar-refractivity contribution in [1.82, 2.24) is 14.9 Å². The van der Waals surface area contributed by atoms with Crippen LogP contribution in [0.3, 0.4) is 0 Å². The Kier molecular flexibility index (Phi) is 7.07. The molecule has 1 fully saturated rings. The summed E-state index contributed by atoms with van der Waals surface area (Å²) in [7, 11) is 4.33. The lowest BCUT2D eigenvalue weighted by atomic mass is 10.0. The lowest BCUT2D eigenvalue weighted by molar-refractivity contribution is -0.141. The van der Waals surface area contributed by atoms with Crippen molar-refractivity contribution >= 4 is 23.5 Å². The predicted octanol–water partition coefficient (Wildman–Crippen LogP) is 4.25. The maximum absolute atomic E-state index is 13.9. The highest BCUT2D eigenvalue weighted by molar-refractivity contribution is 6.31. The number of carboxylic acid groups (broad SMARTS) is 1. The molecule has 1 amide bonds. The van der Waals surface area contributed by atoms with Crippen LogP contribution in [0.1, 0.15) is 34.8 Å². The number of hydrogen-bond acceptors (Lipinski definition) is 7. The van der Waals surface area contributed by atoms with E-state index in [1.54, 1.807) is 42.6 Å². The second-order valence-corrected chi connectivity index (χ2v) is 8.24. The van der Waals surface area contributed by atoms with Gasteiger partial charge in [0.15, 0.2) is 0 Å². The predicted molar refractivity (Wildman–Crippen MR) is 128 cm³/mol. The number of hydrogen-bond donors (Lipinski definition) is 1. The number of nitrogens with zero attached hydrogens (tertiary/aromatic N) is 3. The summed E-state index contributed by atoms with van der Waals surface area (Å²) in [5.41, 5.74) is 1.66. The molecule has 2 aromatic heterocycles. The lowest BCUT2D eigenvalue weighted by Gasteiger charge is -2.30. The molecule has 35 heavy (non-hydrogen) atoms. The molecule has 1 aliphatic rings. The van der Waals surface area contributed by atoms with E-state index in [0.29, 0.717) is 34.1 Å². The van der Waals surface area contributed by atoms with Crippen LogP contribution in [0.2, 0.25) is 5.02 Å². The van der Waals surface area contributed by atoms with E-state index in [1.165, 1.54) is 32.3 Å². The normalized spacial score (nSPS) is 17.2. The summed E-state index contributed by atoms with van der Waals surface area (Å²) in [6, 6.07) is 10.5. The van der Waals surface area contributed by atoms with Gasteiger partial charge < -0.3 is 24.2 Å². The fourth-order valence-electron chi connectivity index (χ4n) is 4.40. The Morgan fingerprint density at radius 3 is 2.43 bits per heavy atom. The van der Waals surface area contributed by atoms with E-state index in [-0.39, 0.29) is 23.6 Å². The molecule has 0 spiro atoms. The standard InChI is InChI=1S/C25H24ClN3O6/c1-33-20-13-16(23(35-3)28-21(20)15-8-6-12-27-22(15)34-2)24(30)29-18(10-11-19(29)25(31)32)14-7-4-5-9-17(14)26/h4-9,12-13,18-19H,10-11H2,1-3H3,(H,31,32)/t18-,19+/m1/s1. The number of aromatic nitrogens is 2. The minimum absolute atomic E-state index is 0.0191. The zero-order valence-electron chi connectivity index (χ0n) is 19.4. The molecule has 0 bridgehead atoms. The molecule has 2 atom stereocenters. The molecular formula is C25H24ClN3O6. The molecule has 1 saturated heterocycles. The molecule has 9 nitrogen and oxygen atoms in total. The van der Waals surface area contributed by atoms with Gasteiger partial charge in [-0.1, -0.05) is 29.8 Å². The van der Waals surface area contributed by atoms with Gasteiger partial charge in [-0.25, -0.2) is 14.8 Å². The third-order valence-corrected chi connectivity index (χ3v) is 6.33. The molecule has 1 N–H and O–H groups in total. The number of likely N-dealkylation sites (tertiary alicyclic amines) is 1. The Labute approximate surface area is 207 Å². The zero-order valence-corrected chi connectivity index (χ0v) is 20.2. The van der Waals surface area contributed by atoms with Crippen molar-refractivity contribution in [2.45, 2.75) is 24.9 Å². The Morgan fingerprint density at radius 1 is 1.03 bits per heavy atom. The number of aliphatic carboxylic acids is 1. The fourth-order valence-corrected chi connectivity index (χ4v) is 4.66. The van der Waals surface area contributed by atoms with Crippen LogP contribution in [0.5, 0.6) is 17.5 Å². The molecule has 0 aliphatic carbocycles. The van der Waals surface area contributed by atoms with Crippen LogP contribution in [0.15, 0.2) is 48.7 Å². The third-order valence-electron chi connectivity index (χ3n) is 5.98. The summed E-state index contributed by atoms with van der Waals surface area (Å²) in [5.74, 6) is -1.02. The van der Waals surface area contributed by atoms with Crippen molar-refractivity contribution in [2.75, 3.05) is 21.3 Å². The van der Waals surface area contributed by atoms with Crippen molar-refractivity contribution in [3.63, 3.8) is 0 Å². The van der Waals surface area contributed by atoms with Gasteiger partial charge in [-0.15, -0.1) is 0 Å². The van der Waals surface area contributed by atoms with Crippen LogP contribution in [0.4, 0.5) is 0 Å². The van der Waals surface area contributed by atoms with Crippen molar-refractivity contribution in [2.24, 2.45) is 0 Å². The molecule has 10 heteroatoms. The highest BCUT2D eigenvalue weighted by Gasteiger charge is 2.43. The second kappa shape index (κ2) is 10.2. The minimum atomic E-state index is -1.09. The molecule has 3 aromatic rings. The molecule has 4 rings (SSSR count). The summed E-state index contributed by atoms with van der Waals surface area (Å²) in [6.45, 7) is 0. The highest BCUT2D eigenvalue weighted by Crippen LogP contribution is 2.42. The maximum Gasteiger partial charge on any atom is 0.326 e. The number of benzene rings is 1. The molecule has 1 aromatic carbocycles. The van der Waals surface area contributed by atoms with Crippen LogP contribution in [0.25, 0.3) is 11.3 Å². The average molecular weight is 498 g/mol. The van der Waals surface area contributed by atoms with Crippen LogP contribution in [-0.4, -0.2) is 59.2 Å². The Bertz CT molecular complexity index is 1270. The van der Waals surface area contributed by atoms with E-state index in [1.807, 2.05) is 0 Å². The van der Waals surface area contributed by atoms with Gasteiger partial charge in [0.05, 0.1) is 32.9 Å². The quantitative estimate of drug-likeness (QED) is 0.515. The van der Waals surface area contributed by atoms with Crippen molar-refractivity contribution in [1.29, 1.82) is 0 Å². The number of carbonyl (C=O) groups excluding carboxylic acids is 1. The Morgan fingerprint density at radius 2 is 1.77 bits per heavy atom. The SMILES string of the molecule is COc1cc(C(=O)N2[C@@H](c3ccccc3Cl)CC[C@H]2C(=O)O)c(OC)nc1-c1cccnc1OC. The molecule has 0 radical (unpaired) electrons. The smallest absolute Gasteiger partial charge is 0.326 e. The van der Waals surface area contributed by atoms with Gasteiger partial charge in [0.2, 0.25) is 11.8 Å². The number of carbonyl (C=O) groups is 2. The Hall–Kier alpha value is -3.85. The average Bonchev–Trinajstić information content (AvgIpc) is 3.33. The fraction of sp³-hybridized carbons (Fsp3) is 0.280. The molecule has 1 aliphatic heterocycles. The van der Waals surface area contributed by atoms with Crippen LogP contribution in [0, 0.1) is 0 Å². The largest absolute Gasteiger partial charge is 0.494 e. The molecular weight excluding hydrogens is 474 g/mol. The number of methoxy groups -OCH3 is 3. The molecule has 0 saturated carbocycles. The molecule has 0 unspecified atom stereocenters. The van der Waals surface area contributed by atoms with Gasteiger partial charge in [0, 0.05) is 17.3 Å². The first-order chi connectivity index (χ1) is 16.9. The zero-order chi connectivity index (χ0) is 25.1. The van der Waals surface area contributed by atoms with Crippen molar-refractivity contribution < 1.29 is 28.9 Å². The number of carboxylic acids is 1. The monoisotopic (exact) mass is 497 g/mol.